The van der Waals surface area contributed by atoms with E-state index in [1.165, 1.54) is 0 Å². The first kappa shape index (κ1) is 12.0. The van der Waals surface area contributed by atoms with Crippen LogP contribution in [0.3, 0.4) is 0 Å². The molecule has 0 bridgehead atoms. The molecule has 0 radical (unpaired) electrons. The Labute approximate surface area is 91.5 Å². The molecule has 4 heteroatoms. The summed E-state index contributed by atoms with van der Waals surface area (Å²) in [7, 11) is 0. The minimum atomic E-state index is 0.0128. The van der Waals surface area contributed by atoms with Gasteiger partial charge in [-0.15, -0.1) is 0 Å². The fraction of sp³-hybridized carbons (Fsp3) is 0.818. The summed E-state index contributed by atoms with van der Waals surface area (Å²) in [4.78, 5) is 14.5. The largest absolute Gasteiger partial charge is 0.343 e. The number of carbonyl (C=O) groups is 1. The third-order valence-corrected chi connectivity index (χ3v) is 2.78. The molecule has 0 aromatic rings. The standard InChI is InChI=1S/C11H19N3O/c1-10(2)7-11(8-12)14-5-3-13(9-15)4-6-14/h9-11H,3-7H2,1-2H3. The highest BCUT2D eigenvalue weighted by Crippen LogP contribution is 2.12. The molecule has 1 saturated heterocycles. The predicted molar refractivity (Wildman–Crippen MR) is 58.1 cm³/mol. The van der Waals surface area contributed by atoms with Crippen molar-refractivity contribution < 1.29 is 4.79 Å². The molecule has 0 N–H and O–H groups in total. The van der Waals surface area contributed by atoms with E-state index in [0.29, 0.717) is 5.92 Å². The van der Waals surface area contributed by atoms with Gasteiger partial charge in [-0.05, 0) is 12.3 Å². The number of rotatable bonds is 4. The van der Waals surface area contributed by atoms with Gasteiger partial charge in [0.15, 0.2) is 0 Å². The van der Waals surface area contributed by atoms with Crippen LogP contribution in [0.1, 0.15) is 20.3 Å². The lowest BCUT2D eigenvalue weighted by atomic mass is 10.0. The maximum absolute atomic E-state index is 10.5. The zero-order valence-corrected chi connectivity index (χ0v) is 9.52. The number of hydrogen-bond acceptors (Lipinski definition) is 3. The van der Waals surface area contributed by atoms with Gasteiger partial charge < -0.3 is 4.90 Å². The maximum atomic E-state index is 10.5. The number of nitriles is 1. The Morgan fingerprint density at radius 1 is 1.33 bits per heavy atom. The highest BCUT2D eigenvalue weighted by Gasteiger charge is 2.23. The molecule has 1 heterocycles. The second-order valence-electron chi connectivity index (χ2n) is 4.45. The summed E-state index contributed by atoms with van der Waals surface area (Å²) in [6.45, 7) is 7.41. The van der Waals surface area contributed by atoms with Gasteiger partial charge >= 0.3 is 0 Å². The van der Waals surface area contributed by atoms with Crippen LogP contribution in [0, 0.1) is 17.2 Å². The van der Waals surface area contributed by atoms with Crippen LogP contribution >= 0.6 is 0 Å². The van der Waals surface area contributed by atoms with Crippen LogP contribution in [-0.2, 0) is 4.79 Å². The van der Waals surface area contributed by atoms with Crippen molar-refractivity contribution >= 4 is 6.41 Å². The summed E-state index contributed by atoms with van der Waals surface area (Å²) in [6, 6.07) is 2.37. The third kappa shape index (κ3) is 3.52. The molecule has 1 atom stereocenters. The molecule has 0 aliphatic carbocycles. The minimum absolute atomic E-state index is 0.0128. The minimum Gasteiger partial charge on any atom is -0.343 e. The normalized spacial score (nSPS) is 20.0. The first-order chi connectivity index (χ1) is 7.17. The zero-order valence-electron chi connectivity index (χ0n) is 9.52. The summed E-state index contributed by atoms with van der Waals surface area (Å²) >= 11 is 0. The van der Waals surface area contributed by atoms with Gasteiger partial charge in [0.25, 0.3) is 0 Å². The van der Waals surface area contributed by atoms with Gasteiger partial charge in [-0.3, -0.25) is 9.69 Å². The molecular formula is C11H19N3O. The Kier molecular flexibility index (Phi) is 4.57. The maximum Gasteiger partial charge on any atom is 0.209 e. The average Bonchev–Trinajstić information content (AvgIpc) is 2.26. The Morgan fingerprint density at radius 2 is 1.93 bits per heavy atom. The van der Waals surface area contributed by atoms with Crippen LogP contribution in [0.2, 0.25) is 0 Å². The predicted octanol–water partition coefficient (Wildman–Crippen LogP) is 0.699. The molecule has 1 aliphatic rings. The van der Waals surface area contributed by atoms with Crippen molar-refractivity contribution in [2.24, 2.45) is 5.92 Å². The van der Waals surface area contributed by atoms with E-state index in [4.69, 9.17) is 5.26 Å². The quantitative estimate of drug-likeness (QED) is 0.640. The fourth-order valence-electron chi connectivity index (χ4n) is 1.88. The Balaban J connectivity index is 2.43. The first-order valence-corrected chi connectivity index (χ1v) is 5.50. The monoisotopic (exact) mass is 209 g/mol. The lowest BCUT2D eigenvalue weighted by Gasteiger charge is -2.35. The van der Waals surface area contributed by atoms with E-state index in [-0.39, 0.29) is 6.04 Å². The lowest BCUT2D eigenvalue weighted by Crippen LogP contribution is -2.49. The molecule has 1 rings (SSSR count). The third-order valence-electron chi connectivity index (χ3n) is 2.78. The number of piperazine rings is 1. The topological polar surface area (TPSA) is 47.3 Å². The molecule has 1 aliphatic heterocycles. The molecule has 0 spiro atoms. The van der Waals surface area contributed by atoms with Gasteiger partial charge in [0.2, 0.25) is 6.41 Å². The number of hydrogen-bond donors (Lipinski definition) is 0. The van der Waals surface area contributed by atoms with E-state index in [9.17, 15) is 4.79 Å². The Morgan fingerprint density at radius 3 is 2.33 bits per heavy atom. The van der Waals surface area contributed by atoms with Crippen LogP contribution in [0.15, 0.2) is 0 Å². The first-order valence-electron chi connectivity index (χ1n) is 5.50. The van der Waals surface area contributed by atoms with E-state index in [0.717, 1.165) is 39.0 Å². The molecule has 0 saturated carbocycles. The smallest absolute Gasteiger partial charge is 0.209 e. The zero-order chi connectivity index (χ0) is 11.3. The van der Waals surface area contributed by atoms with Gasteiger partial charge in [-0.2, -0.15) is 5.26 Å². The van der Waals surface area contributed by atoms with Crippen molar-refractivity contribution in [3.63, 3.8) is 0 Å². The van der Waals surface area contributed by atoms with E-state index >= 15 is 0 Å². The van der Waals surface area contributed by atoms with Crippen LogP contribution in [0.4, 0.5) is 0 Å². The summed E-state index contributed by atoms with van der Waals surface area (Å²) in [6.07, 6.45) is 1.80. The van der Waals surface area contributed by atoms with Gasteiger partial charge in [-0.25, -0.2) is 0 Å². The summed E-state index contributed by atoms with van der Waals surface area (Å²) < 4.78 is 0. The van der Waals surface area contributed by atoms with E-state index < -0.39 is 0 Å². The fourth-order valence-corrected chi connectivity index (χ4v) is 1.88. The van der Waals surface area contributed by atoms with Crippen molar-refractivity contribution in [2.45, 2.75) is 26.3 Å². The van der Waals surface area contributed by atoms with E-state index in [1.54, 1.807) is 4.90 Å². The van der Waals surface area contributed by atoms with Crippen LogP contribution in [-0.4, -0.2) is 48.4 Å². The molecule has 84 valence electrons. The number of amides is 1. The van der Waals surface area contributed by atoms with Crippen molar-refractivity contribution in [3.05, 3.63) is 0 Å². The molecular weight excluding hydrogens is 190 g/mol. The summed E-state index contributed by atoms with van der Waals surface area (Å²) in [5, 5.41) is 9.08. The van der Waals surface area contributed by atoms with Crippen molar-refractivity contribution in [1.29, 1.82) is 5.26 Å². The van der Waals surface area contributed by atoms with E-state index in [2.05, 4.69) is 24.8 Å². The molecule has 1 unspecified atom stereocenters. The highest BCUT2D eigenvalue weighted by atomic mass is 16.1. The van der Waals surface area contributed by atoms with Gasteiger partial charge in [0.05, 0.1) is 12.1 Å². The van der Waals surface area contributed by atoms with Gasteiger partial charge in [-0.1, -0.05) is 13.8 Å². The Bertz CT molecular complexity index is 239. The van der Waals surface area contributed by atoms with Crippen molar-refractivity contribution in [3.8, 4) is 6.07 Å². The van der Waals surface area contributed by atoms with E-state index in [1.807, 2.05) is 0 Å². The van der Waals surface area contributed by atoms with Crippen LogP contribution in [0.25, 0.3) is 0 Å². The molecule has 15 heavy (non-hydrogen) atoms. The van der Waals surface area contributed by atoms with Crippen LogP contribution < -0.4 is 0 Å². The molecule has 1 amide bonds. The lowest BCUT2D eigenvalue weighted by molar-refractivity contribution is -0.119. The Hall–Kier alpha value is -1.08. The summed E-state index contributed by atoms with van der Waals surface area (Å²) in [5.74, 6) is 0.541. The molecule has 0 aromatic heterocycles. The highest BCUT2D eigenvalue weighted by molar-refractivity contribution is 5.47. The van der Waals surface area contributed by atoms with Crippen molar-refractivity contribution in [2.75, 3.05) is 26.2 Å². The number of nitrogens with zero attached hydrogens (tertiary/aromatic N) is 3. The molecule has 1 fully saturated rings. The summed E-state index contributed by atoms with van der Waals surface area (Å²) in [5.41, 5.74) is 0. The SMILES string of the molecule is CC(C)CC(C#N)N1CCN(C=O)CC1. The van der Waals surface area contributed by atoms with Gasteiger partial charge in [0, 0.05) is 26.2 Å². The van der Waals surface area contributed by atoms with Gasteiger partial charge in [0.1, 0.15) is 0 Å². The number of carbonyl (C=O) groups excluding carboxylic acids is 1. The van der Waals surface area contributed by atoms with Crippen molar-refractivity contribution in [1.82, 2.24) is 9.80 Å². The second kappa shape index (κ2) is 5.72. The second-order valence-corrected chi connectivity index (χ2v) is 4.45. The molecule has 4 nitrogen and oxygen atoms in total. The molecule has 0 aromatic carbocycles. The average molecular weight is 209 g/mol. The van der Waals surface area contributed by atoms with Crippen LogP contribution in [0.5, 0.6) is 0 Å².